The molecule has 0 bridgehead atoms. The van der Waals surface area contributed by atoms with Gasteiger partial charge in [-0.05, 0) is 23.3 Å². The van der Waals surface area contributed by atoms with Gasteiger partial charge in [0, 0.05) is 34.9 Å². The van der Waals surface area contributed by atoms with Crippen LogP contribution in [0, 0.1) is 5.82 Å². The summed E-state index contributed by atoms with van der Waals surface area (Å²) in [6.45, 7) is 0.375. The molecular formula is C25H24FN2O3+. The van der Waals surface area contributed by atoms with Crippen molar-refractivity contribution in [2.75, 3.05) is 7.05 Å². The summed E-state index contributed by atoms with van der Waals surface area (Å²) in [5.41, 5.74) is 11.1. The van der Waals surface area contributed by atoms with Crippen LogP contribution in [0.15, 0.2) is 54.6 Å². The molecule has 5 nitrogen and oxygen atoms in total. The summed E-state index contributed by atoms with van der Waals surface area (Å²) in [5.74, 6) is -0.682. The molecule has 3 aromatic carbocycles. The third-order valence-corrected chi connectivity index (χ3v) is 5.53. The maximum Gasteiger partial charge on any atom is 0.307 e. The Balaban J connectivity index is 1.71. The molecule has 3 N–H and O–H groups in total. The van der Waals surface area contributed by atoms with Gasteiger partial charge in [0.15, 0.2) is 0 Å². The summed E-state index contributed by atoms with van der Waals surface area (Å²) in [5, 5.41) is 9.13. The van der Waals surface area contributed by atoms with E-state index in [0.717, 1.165) is 28.8 Å². The first kappa shape index (κ1) is 20.8. The standard InChI is InChI=1S/C25H23FN2O3/c1-28-10-9-19-21(20-7-4-6-18(14-27)25(20)26)11-16(12-22(19)28)15-31-23-8-3-2-5-17(23)13-24(29)30/h2-8,10-12H,9,13-15,27H2,1H3/p+1. The fourth-order valence-electron chi connectivity index (χ4n) is 3.95. The van der Waals surface area contributed by atoms with Crippen molar-refractivity contribution in [1.29, 1.82) is 0 Å². The molecule has 0 fully saturated rings. The van der Waals surface area contributed by atoms with E-state index in [1.165, 1.54) is 0 Å². The van der Waals surface area contributed by atoms with E-state index in [1.54, 1.807) is 30.3 Å². The minimum absolute atomic E-state index is 0.111. The lowest BCUT2D eigenvalue weighted by Gasteiger charge is -2.14. The topological polar surface area (TPSA) is 75.6 Å². The zero-order chi connectivity index (χ0) is 22.0. The SMILES string of the molecule is C[N+]1=CCc2c(-c3cccc(CN)c3F)cc(COc3ccccc3CC(=O)O)cc21. The van der Waals surface area contributed by atoms with Crippen LogP contribution in [0.5, 0.6) is 5.75 Å². The average Bonchev–Trinajstić information content (AvgIpc) is 3.13. The normalized spacial score (nSPS) is 12.4. The second kappa shape index (κ2) is 8.70. The lowest BCUT2D eigenvalue weighted by Crippen LogP contribution is -2.05. The molecule has 3 aromatic rings. The van der Waals surface area contributed by atoms with Gasteiger partial charge in [0.2, 0.25) is 5.69 Å². The van der Waals surface area contributed by atoms with Gasteiger partial charge in [-0.3, -0.25) is 4.79 Å². The number of carboxylic acid groups (broad SMARTS) is 1. The molecule has 0 unspecified atom stereocenters. The molecule has 6 heteroatoms. The number of rotatable bonds is 7. The first-order valence-corrected chi connectivity index (χ1v) is 10.1. The fraction of sp³-hybridized carbons (Fsp3) is 0.200. The molecule has 0 aromatic heterocycles. The number of carboxylic acids is 1. The summed E-state index contributed by atoms with van der Waals surface area (Å²) < 4.78 is 23.1. The Bertz CT molecular complexity index is 1190. The number of nitrogens with two attached hydrogens (primary N) is 1. The summed E-state index contributed by atoms with van der Waals surface area (Å²) in [4.78, 5) is 11.1. The molecule has 1 aliphatic heterocycles. The summed E-state index contributed by atoms with van der Waals surface area (Å²) >= 11 is 0. The van der Waals surface area contributed by atoms with Gasteiger partial charge in [-0.25, -0.2) is 8.97 Å². The molecule has 4 rings (SSSR count). The van der Waals surface area contributed by atoms with Crippen molar-refractivity contribution in [1.82, 2.24) is 0 Å². The maximum atomic E-state index is 15.1. The van der Waals surface area contributed by atoms with Gasteiger partial charge in [0.1, 0.15) is 31.4 Å². The smallest absolute Gasteiger partial charge is 0.307 e. The van der Waals surface area contributed by atoms with Gasteiger partial charge in [-0.15, -0.1) is 0 Å². The lowest BCUT2D eigenvalue weighted by molar-refractivity contribution is -0.396. The lowest BCUT2D eigenvalue weighted by atomic mass is 9.93. The number of hydrogen-bond donors (Lipinski definition) is 2. The highest BCUT2D eigenvalue weighted by Gasteiger charge is 2.25. The summed E-state index contributed by atoms with van der Waals surface area (Å²) in [7, 11) is 1.97. The van der Waals surface area contributed by atoms with Crippen molar-refractivity contribution < 1.29 is 23.6 Å². The number of hydrogen-bond acceptors (Lipinski definition) is 3. The second-order valence-electron chi connectivity index (χ2n) is 7.59. The highest BCUT2D eigenvalue weighted by molar-refractivity contribution is 5.80. The van der Waals surface area contributed by atoms with E-state index >= 15 is 4.39 Å². The van der Waals surface area contributed by atoms with Crippen LogP contribution in [0.4, 0.5) is 10.1 Å². The number of carbonyl (C=O) groups is 1. The number of fused-ring (bicyclic) bond motifs is 1. The number of benzene rings is 3. The van der Waals surface area contributed by atoms with Crippen molar-refractivity contribution in [3.63, 3.8) is 0 Å². The van der Waals surface area contributed by atoms with E-state index < -0.39 is 5.97 Å². The molecule has 0 aliphatic carbocycles. The Morgan fingerprint density at radius 3 is 2.68 bits per heavy atom. The van der Waals surface area contributed by atoms with Gasteiger partial charge in [-0.1, -0.05) is 36.4 Å². The van der Waals surface area contributed by atoms with Crippen molar-refractivity contribution >= 4 is 17.9 Å². The van der Waals surface area contributed by atoms with E-state index in [0.29, 0.717) is 22.4 Å². The number of aliphatic carboxylic acids is 1. The Morgan fingerprint density at radius 2 is 1.90 bits per heavy atom. The minimum Gasteiger partial charge on any atom is -0.489 e. The Labute approximate surface area is 180 Å². The molecule has 1 aliphatic rings. The molecular weight excluding hydrogens is 395 g/mol. The van der Waals surface area contributed by atoms with Gasteiger partial charge in [0.25, 0.3) is 0 Å². The number of nitrogens with zero attached hydrogens (tertiary/aromatic N) is 1. The van der Waals surface area contributed by atoms with Gasteiger partial charge in [-0.2, -0.15) is 0 Å². The molecule has 1 heterocycles. The van der Waals surface area contributed by atoms with E-state index in [2.05, 4.69) is 6.21 Å². The third-order valence-electron chi connectivity index (χ3n) is 5.53. The molecule has 0 radical (unpaired) electrons. The third kappa shape index (κ3) is 4.20. The molecule has 0 saturated carbocycles. The predicted octanol–water partition coefficient (Wildman–Crippen LogP) is 4.06. The van der Waals surface area contributed by atoms with E-state index in [1.807, 2.05) is 35.9 Å². The number of ether oxygens (including phenoxy) is 1. The first-order valence-electron chi connectivity index (χ1n) is 10.1. The van der Waals surface area contributed by atoms with Crippen molar-refractivity contribution in [3.05, 3.63) is 82.7 Å². The van der Waals surface area contributed by atoms with Crippen molar-refractivity contribution in [3.8, 4) is 16.9 Å². The monoisotopic (exact) mass is 419 g/mol. The largest absolute Gasteiger partial charge is 0.489 e. The maximum absolute atomic E-state index is 15.1. The predicted molar refractivity (Wildman–Crippen MR) is 117 cm³/mol. The van der Waals surface area contributed by atoms with Crippen molar-refractivity contribution in [2.24, 2.45) is 5.73 Å². The molecule has 158 valence electrons. The molecule has 0 saturated heterocycles. The highest BCUT2D eigenvalue weighted by atomic mass is 19.1. The highest BCUT2D eigenvalue weighted by Crippen LogP contribution is 2.37. The second-order valence-corrected chi connectivity index (χ2v) is 7.59. The molecule has 31 heavy (non-hydrogen) atoms. The number of halogens is 1. The van der Waals surface area contributed by atoms with Gasteiger partial charge in [0.05, 0.1) is 12.8 Å². The molecule has 0 amide bonds. The van der Waals surface area contributed by atoms with Crippen molar-refractivity contribution in [2.45, 2.75) is 26.0 Å². The summed E-state index contributed by atoms with van der Waals surface area (Å²) in [6, 6.07) is 16.4. The van der Waals surface area contributed by atoms with Crippen LogP contribution in [-0.4, -0.2) is 28.9 Å². The average molecular weight is 419 g/mol. The minimum atomic E-state index is -0.914. The molecule has 0 atom stereocenters. The van der Waals surface area contributed by atoms with Crippen LogP contribution in [-0.2, 0) is 30.8 Å². The Hall–Kier alpha value is -3.51. The van der Waals surface area contributed by atoms with Crippen LogP contribution in [0.3, 0.4) is 0 Å². The molecule has 0 spiro atoms. The Morgan fingerprint density at radius 1 is 1.13 bits per heavy atom. The van der Waals surface area contributed by atoms with Crippen LogP contribution in [0.1, 0.15) is 22.3 Å². The zero-order valence-corrected chi connectivity index (χ0v) is 17.3. The van der Waals surface area contributed by atoms with E-state index in [4.69, 9.17) is 15.6 Å². The van der Waals surface area contributed by atoms with Gasteiger partial charge < -0.3 is 15.6 Å². The van der Waals surface area contributed by atoms with Gasteiger partial charge >= 0.3 is 5.97 Å². The first-order chi connectivity index (χ1) is 15.0. The summed E-state index contributed by atoms with van der Waals surface area (Å²) in [6.07, 6.45) is 2.67. The van der Waals surface area contributed by atoms with E-state index in [-0.39, 0.29) is 25.4 Å². The Kier molecular flexibility index (Phi) is 5.82. The van der Waals surface area contributed by atoms with Crippen LogP contribution < -0.4 is 10.5 Å². The van der Waals surface area contributed by atoms with Crippen LogP contribution in [0.25, 0.3) is 11.1 Å². The van der Waals surface area contributed by atoms with Crippen LogP contribution >= 0.6 is 0 Å². The van der Waals surface area contributed by atoms with E-state index in [9.17, 15) is 4.79 Å². The zero-order valence-electron chi connectivity index (χ0n) is 17.3. The number of para-hydroxylation sites is 1. The van der Waals surface area contributed by atoms with Crippen LogP contribution in [0.2, 0.25) is 0 Å². The fourth-order valence-corrected chi connectivity index (χ4v) is 3.95. The quantitative estimate of drug-likeness (QED) is 0.567.